The van der Waals surface area contributed by atoms with Crippen LogP contribution >= 0.6 is 0 Å². The normalized spacial score (nSPS) is 22.2. The number of aromatic amines is 1. The molecule has 0 aromatic carbocycles. The van der Waals surface area contributed by atoms with Gasteiger partial charge in [0.05, 0.1) is 0 Å². The first-order valence-corrected chi connectivity index (χ1v) is 4.91. The fourth-order valence-corrected chi connectivity index (χ4v) is 1.71. The molecular weight excluding hydrogens is 178 g/mol. The summed E-state index contributed by atoms with van der Waals surface area (Å²) >= 11 is 0. The lowest BCUT2D eigenvalue weighted by Gasteiger charge is -2.24. The van der Waals surface area contributed by atoms with E-state index in [4.69, 9.17) is 0 Å². The van der Waals surface area contributed by atoms with Crippen LogP contribution in [0.5, 0.6) is 0 Å². The second kappa shape index (κ2) is 3.94. The van der Waals surface area contributed by atoms with Gasteiger partial charge < -0.3 is 15.6 Å². The summed E-state index contributed by atoms with van der Waals surface area (Å²) in [6.07, 6.45) is 1.79. The summed E-state index contributed by atoms with van der Waals surface area (Å²) in [6, 6.07) is 2.27. The Morgan fingerprint density at radius 3 is 2.93 bits per heavy atom. The van der Waals surface area contributed by atoms with Crippen LogP contribution in [-0.4, -0.2) is 24.6 Å². The van der Waals surface area contributed by atoms with E-state index in [0.29, 0.717) is 6.04 Å². The molecule has 0 bridgehead atoms. The molecule has 0 radical (unpaired) electrons. The molecular formula is C10H15N3O. The van der Waals surface area contributed by atoms with Crippen LogP contribution in [0.1, 0.15) is 17.2 Å². The smallest absolute Gasteiger partial charge is 0.250 e. The molecule has 3 N–H and O–H groups in total. The topological polar surface area (TPSA) is 56.9 Å². The van der Waals surface area contributed by atoms with Crippen LogP contribution in [0.4, 0.5) is 0 Å². The highest BCUT2D eigenvalue weighted by atomic mass is 16.1. The monoisotopic (exact) mass is 193 g/mol. The summed E-state index contributed by atoms with van der Waals surface area (Å²) in [4.78, 5) is 13.9. The Balaban J connectivity index is 2.22. The molecule has 1 fully saturated rings. The third kappa shape index (κ3) is 1.86. The van der Waals surface area contributed by atoms with Crippen molar-refractivity contribution in [2.45, 2.75) is 13.0 Å². The van der Waals surface area contributed by atoms with E-state index in [2.05, 4.69) is 15.6 Å². The van der Waals surface area contributed by atoms with Crippen molar-refractivity contribution in [2.75, 3.05) is 19.6 Å². The average Bonchev–Trinajstić information content (AvgIpc) is 2.23. The van der Waals surface area contributed by atoms with Gasteiger partial charge in [-0.2, -0.15) is 0 Å². The molecule has 2 heterocycles. The van der Waals surface area contributed by atoms with Crippen LogP contribution in [0.2, 0.25) is 0 Å². The van der Waals surface area contributed by atoms with Gasteiger partial charge in [-0.05, 0) is 18.6 Å². The van der Waals surface area contributed by atoms with Crippen LogP contribution in [0.3, 0.4) is 0 Å². The summed E-state index contributed by atoms with van der Waals surface area (Å²) < 4.78 is 0. The molecule has 1 aromatic heterocycles. The molecule has 4 nitrogen and oxygen atoms in total. The second-order valence-corrected chi connectivity index (χ2v) is 3.66. The van der Waals surface area contributed by atoms with Gasteiger partial charge in [-0.15, -0.1) is 0 Å². The van der Waals surface area contributed by atoms with E-state index in [1.807, 2.05) is 13.0 Å². The molecule has 0 unspecified atom stereocenters. The van der Waals surface area contributed by atoms with Gasteiger partial charge in [0.2, 0.25) is 0 Å². The summed E-state index contributed by atoms with van der Waals surface area (Å²) in [6.45, 7) is 4.74. The zero-order valence-electron chi connectivity index (χ0n) is 8.26. The Morgan fingerprint density at radius 1 is 1.43 bits per heavy atom. The maximum absolute atomic E-state index is 11.2. The van der Waals surface area contributed by atoms with Crippen LogP contribution in [-0.2, 0) is 0 Å². The van der Waals surface area contributed by atoms with Gasteiger partial charge in [-0.1, -0.05) is 0 Å². The van der Waals surface area contributed by atoms with E-state index in [-0.39, 0.29) is 5.56 Å². The molecule has 0 spiro atoms. The Kier molecular flexibility index (Phi) is 2.65. The highest BCUT2D eigenvalue weighted by Crippen LogP contribution is 2.11. The molecule has 1 aliphatic rings. The van der Waals surface area contributed by atoms with E-state index in [1.165, 1.54) is 0 Å². The van der Waals surface area contributed by atoms with Crippen LogP contribution < -0.4 is 16.2 Å². The molecule has 0 saturated carbocycles. The summed E-state index contributed by atoms with van der Waals surface area (Å²) in [5.74, 6) is 0. The molecule has 1 saturated heterocycles. The number of pyridine rings is 1. The largest absolute Gasteiger partial charge is 0.329 e. The lowest BCUT2D eigenvalue weighted by Crippen LogP contribution is -2.42. The zero-order chi connectivity index (χ0) is 9.97. The number of hydrogen-bond donors (Lipinski definition) is 3. The third-order valence-electron chi connectivity index (χ3n) is 2.55. The van der Waals surface area contributed by atoms with Gasteiger partial charge in [-0.3, -0.25) is 4.79 Å². The van der Waals surface area contributed by atoms with Crippen molar-refractivity contribution in [1.29, 1.82) is 0 Å². The van der Waals surface area contributed by atoms with Crippen LogP contribution in [0.15, 0.2) is 17.1 Å². The maximum Gasteiger partial charge on any atom is 0.250 e. The predicted molar refractivity (Wildman–Crippen MR) is 55.4 cm³/mol. The van der Waals surface area contributed by atoms with Gasteiger partial charge in [0, 0.05) is 37.4 Å². The molecule has 0 aliphatic carbocycles. The summed E-state index contributed by atoms with van der Waals surface area (Å²) in [7, 11) is 0. The Morgan fingerprint density at radius 2 is 2.29 bits per heavy atom. The molecule has 1 aliphatic heterocycles. The van der Waals surface area contributed by atoms with Crippen LogP contribution in [0, 0.1) is 6.92 Å². The van der Waals surface area contributed by atoms with E-state index >= 15 is 0 Å². The Hall–Kier alpha value is -1.13. The molecule has 1 atom stereocenters. The van der Waals surface area contributed by atoms with Gasteiger partial charge >= 0.3 is 0 Å². The fourth-order valence-electron chi connectivity index (χ4n) is 1.71. The van der Waals surface area contributed by atoms with E-state index < -0.39 is 0 Å². The van der Waals surface area contributed by atoms with E-state index in [1.54, 1.807) is 6.20 Å². The fraction of sp³-hybridized carbons (Fsp3) is 0.500. The van der Waals surface area contributed by atoms with Crippen molar-refractivity contribution in [2.24, 2.45) is 0 Å². The lowest BCUT2D eigenvalue weighted by molar-refractivity contribution is 0.429. The first kappa shape index (κ1) is 9.43. The zero-order valence-corrected chi connectivity index (χ0v) is 8.26. The van der Waals surface area contributed by atoms with Crippen molar-refractivity contribution >= 4 is 0 Å². The molecule has 1 aromatic rings. The number of aromatic nitrogens is 1. The summed E-state index contributed by atoms with van der Waals surface area (Å²) in [5.41, 5.74) is 1.92. The summed E-state index contributed by atoms with van der Waals surface area (Å²) in [5, 5.41) is 6.71. The van der Waals surface area contributed by atoms with Crippen LogP contribution in [0.25, 0.3) is 0 Å². The highest BCUT2D eigenvalue weighted by Gasteiger charge is 2.14. The Labute approximate surface area is 82.7 Å². The number of nitrogens with one attached hydrogen (secondary N) is 3. The van der Waals surface area contributed by atoms with Gasteiger partial charge in [0.25, 0.3) is 5.56 Å². The minimum atomic E-state index is -0.00230. The van der Waals surface area contributed by atoms with Gasteiger partial charge in [-0.25, -0.2) is 0 Å². The molecule has 76 valence electrons. The second-order valence-electron chi connectivity index (χ2n) is 3.66. The highest BCUT2D eigenvalue weighted by molar-refractivity contribution is 5.21. The van der Waals surface area contributed by atoms with E-state index in [0.717, 1.165) is 30.8 Å². The van der Waals surface area contributed by atoms with E-state index in [9.17, 15) is 4.79 Å². The maximum atomic E-state index is 11.2. The molecule has 4 heteroatoms. The standard InChI is InChI=1S/C10H15N3O/c1-7-4-8(5-13-10(7)14)9-6-11-2-3-12-9/h4-5,9,11-12H,2-3,6H2,1H3,(H,13,14)/t9-/m1/s1. The minimum absolute atomic E-state index is 0.00230. The first-order valence-electron chi connectivity index (χ1n) is 4.91. The molecule has 0 amide bonds. The Bertz CT molecular complexity index is 366. The molecule has 14 heavy (non-hydrogen) atoms. The number of piperazine rings is 1. The van der Waals surface area contributed by atoms with Gasteiger partial charge in [0.15, 0.2) is 0 Å². The number of H-pyrrole nitrogens is 1. The first-order chi connectivity index (χ1) is 6.77. The van der Waals surface area contributed by atoms with Crippen molar-refractivity contribution < 1.29 is 0 Å². The number of rotatable bonds is 1. The van der Waals surface area contributed by atoms with Crippen molar-refractivity contribution in [3.8, 4) is 0 Å². The lowest BCUT2D eigenvalue weighted by atomic mass is 10.1. The quantitative estimate of drug-likeness (QED) is 0.584. The number of hydrogen-bond acceptors (Lipinski definition) is 3. The predicted octanol–water partition coefficient (Wildman–Crippen LogP) is -0.0828. The van der Waals surface area contributed by atoms with Crippen molar-refractivity contribution in [1.82, 2.24) is 15.6 Å². The average molecular weight is 193 g/mol. The SMILES string of the molecule is Cc1cc([C@H]2CNCCN2)c[nH]c1=O. The third-order valence-corrected chi connectivity index (χ3v) is 2.55. The van der Waals surface area contributed by atoms with Gasteiger partial charge in [0.1, 0.15) is 0 Å². The van der Waals surface area contributed by atoms with Crippen molar-refractivity contribution in [3.63, 3.8) is 0 Å². The van der Waals surface area contributed by atoms with Crippen molar-refractivity contribution in [3.05, 3.63) is 33.7 Å². The minimum Gasteiger partial charge on any atom is -0.329 e. The number of aryl methyl sites for hydroxylation is 1. The molecule has 2 rings (SSSR count).